The number of rotatable bonds is 5. The fourth-order valence-corrected chi connectivity index (χ4v) is 4.03. The van der Waals surface area contributed by atoms with Crippen molar-refractivity contribution in [1.82, 2.24) is 9.80 Å². The second-order valence-corrected chi connectivity index (χ2v) is 7.98. The quantitative estimate of drug-likeness (QED) is 0.729. The van der Waals surface area contributed by atoms with E-state index in [1.807, 2.05) is 43.4 Å². The number of nitrogens with one attached hydrogen (secondary N) is 1. The van der Waals surface area contributed by atoms with Crippen molar-refractivity contribution in [3.05, 3.63) is 64.1 Å². The average molecular weight is 430 g/mol. The zero-order valence-corrected chi connectivity index (χ0v) is 17.4. The van der Waals surface area contributed by atoms with E-state index in [0.717, 1.165) is 27.6 Å². The smallest absolute Gasteiger partial charge is 0.195 e. The predicted octanol–water partition coefficient (Wildman–Crippen LogP) is 4.01. The van der Waals surface area contributed by atoms with E-state index in [0.29, 0.717) is 18.9 Å². The van der Waals surface area contributed by atoms with Gasteiger partial charge in [0, 0.05) is 24.5 Å². The summed E-state index contributed by atoms with van der Waals surface area (Å²) in [6, 6.07) is 15.7. The van der Waals surface area contributed by atoms with Gasteiger partial charge in [-0.15, -0.1) is 0 Å². The topological polar surface area (TPSA) is 56.6 Å². The summed E-state index contributed by atoms with van der Waals surface area (Å²) in [5, 5.41) is 8.73. The first-order valence-corrected chi connectivity index (χ1v) is 9.61. The molecule has 2 unspecified atom stereocenters. The molecule has 1 N–H and O–H groups in total. The minimum Gasteiger partial charge on any atom is -0.497 e. The van der Waals surface area contributed by atoms with Gasteiger partial charge in [0.1, 0.15) is 12.0 Å². The highest BCUT2D eigenvalue weighted by Gasteiger charge is 2.44. The van der Waals surface area contributed by atoms with E-state index < -0.39 is 5.54 Å². The van der Waals surface area contributed by atoms with Gasteiger partial charge >= 0.3 is 0 Å². The number of hydrogen-bond acceptors (Lipinski definition) is 3. The summed E-state index contributed by atoms with van der Waals surface area (Å²) in [5.74, 6) is 1.15. The fraction of sp³-hybridized carbons (Fsp3) is 0.333. The number of likely N-dealkylation sites (N-methyl/N-ethyl adjacent to an activating group) is 1. The Morgan fingerprint density at radius 1 is 1.30 bits per heavy atom. The zero-order chi connectivity index (χ0) is 19.6. The second kappa shape index (κ2) is 7.72. The first-order chi connectivity index (χ1) is 12.9. The van der Waals surface area contributed by atoms with Gasteiger partial charge in [-0.2, -0.15) is 0 Å². The van der Waals surface area contributed by atoms with Crippen molar-refractivity contribution >= 4 is 28.2 Å². The summed E-state index contributed by atoms with van der Waals surface area (Å²) in [5.41, 5.74) is 1.69. The summed E-state index contributed by atoms with van der Waals surface area (Å²) in [6.07, 6.45) is 1.55. The van der Waals surface area contributed by atoms with Crippen LogP contribution in [-0.4, -0.2) is 42.2 Å². The number of guanidine groups is 1. The van der Waals surface area contributed by atoms with Gasteiger partial charge in [-0.05, 0) is 42.3 Å². The molecule has 2 atom stereocenters. The van der Waals surface area contributed by atoms with E-state index in [1.54, 1.807) is 12.0 Å². The number of nitrogens with zero attached hydrogens (tertiary/aromatic N) is 2. The van der Waals surface area contributed by atoms with Crippen LogP contribution in [0.25, 0.3) is 0 Å². The molecule has 3 rings (SSSR count). The van der Waals surface area contributed by atoms with Crippen LogP contribution in [0.2, 0.25) is 0 Å². The number of aldehydes is 1. The predicted molar refractivity (Wildman–Crippen MR) is 110 cm³/mol. The highest BCUT2D eigenvalue weighted by atomic mass is 79.9. The van der Waals surface area contributed by atoms with Crippen LogP contribution in [0.15, 0.2) is 53.0 Å². The Bertz CT molecular complexity index is 840. The first-order valence-electron chi connectivity index (χ1n) is 8.82. The number of hydrogen-bond donors (Lipinski definition) is 1. The highest BCUT2D eigenvalue weighted by molar-refractivity contribution is 9.10. The van der Waals surface area contributed by atoms with Gasteiger partial charge in [0.2, 0.25) is 0 Å². The Morgan fingerprint density at radius 3 is 2.59 bits per heavy atom. The van der Waals surface area contributed by atoms with E-state index in [9.17, 15) is 4.79 Å². The van der Waals surface area contributed by atoms with Crippen LogP contribution in [0.4, 0.5) is 0 Å². The molecule has 5 nitrogen and oxygen atoms in total. The number of carbonyl (C=O) groups is 1. The molecule has 0 amide bonds. The number of carbonyl (C=O) groups excluding carboxylic acids is 1. The molecule has 142 valence electrons. The molecule has 0 saturated carbocycles. The van der Waals surface area contributed by atoms with Crippen LogP contribution < -0.4 is 4.74 Å². The van der Waals surface area contributed by atoms with Crippen LogP contribution in [0.5, 0.6) is 5.75 Å². The molecule has 0 bridgehead atoms. The molecule has 1 aliphatic rings. The van der Waals surface area contributed by atoms with Crippen LogP contribution >= 0.6 is 15.9 Å². The number of methoxy groups -OCH3 is 1. The number of benzene rings is 2. The van der Waals surface area contributed by atoms with Gasteiger partial charge in [0.25, 0.3) is 0 Å². The number of ether oxygens (including phenoxy) is 1. The van der Waals surface area contributed by atoms with Crippen LogP contribution in [0.3, 0.4) is 0 Å². The first kappa shape index (κ1) is 19.4. The Balaban J connectivity index is 2.02. The Morgan fingerprint density at radius 2 is 2.00 bits per heavy atom. The maximum atomic E-state index is 11.7. The third-order valence-corrected chi connectivity index (χ3v) is 5.89. The molecule has 1 heterocycles. The summed E-state index contributed by atoms with van der Waals surface area (Å²) >= 11 is 3.55. The van der Waals surface area contributed by atoms with Crippen molar-refractivity contribution in [2.24, 2.45) is 0 Å². The van der Waals surface area contributed by atoms with E-state index in [2.05, 4.69) is 39.9 Å². The van der Waals surface area contributed by atoms with Crippen LogP contribution in [0.1, 0.15) is 24.5 Å². The second-order valence-electron chi connectivity index (χ2n) is 7.06. The highest BCUT2D eigenvalue weighted by Crippen LogP contribution is 2.40. The lowest BCUT2D eigenvalue weighted by molar-refractivity contribution is -0.113. The molecule has 2 aromatic carbocycles. The Hall–Kier alpha value is -2.34. The lowest BCUT2D eigenvalue weighted by Gasteiger charge is -2.52. The maximum Gasteiger partial charge on any atom is 0.195 e. The molecule has 0 aromatic heterocycles. The minimum atomic E-state index is -0.473. The molecule has 1 saturated heterocycles. The normalized spacial score (nSPS) is 22.7. The monoisotopic (exact) mass is 429 g/mol. The molecular formula is C21H24BrN3O2. The molecule has 2 aromatic rings. The minimum absolute atomic E-state index is 0.325. The van der Waals surface area contributed by atoms with Crippen LogP contribution in [-0.2, 0) is 16.9 Å². The van der Waals surface area contributed by atoms with E-state index in [-0.39, 0.29) is 6.04 Å². The van der Waals surface area contributed by atoms with Crippen molar-refractivity contribution in [1.29, 1.82) is 5.41 Å². The molecule has 27 heavy (non-hydrogen) atoms. The summed E-state index contributed by atoms with van der Waals surface area (Å²) < 4.78 is 6.23. The molecule has 0 radical (unpaired) electrons. The molecular weight excluding hydrogens is 406 g/mol. The molecule has 0 aliphatic carbocycles. The lowest BCUT2D eigenvalue weighted by Crippen LogP contribution is -2.61. The van der Waals surface area contributed by atoms with Gasteiger partial charge in [-0.3, -0.25) is 5.41 Å². The summed E-state index contributed by atoms with van der Waals surface area (Å²) in [6.45, 7) is 2.68. The third kappa shape index (κ3) is 3.72. The van der Waals surface area contributed by atoms with E-state index in [1.165, 1.54) is 0 Å². The Labute approximate surface area is 168 Å². The summed E-state index contributed by atoms with van der Waals surface area (Å²) in [7, 11) is 3.46. The van der Waals surface area contributed by atoms with Gasteiger partial charge in [0.15, 0.2) is 5.96 Å². The fourth-order valence-electron chi connectivity index (χ4n) is 3.64. The van der Waals surface area contributed by atoms with Crippen LogP contribution in [0, 0.1) is 5.41 Å². The Kier molecular flexibility index (Phi) is 5.56. The molecule has 1 fully saturated rings. The van der Waals surface area contributed by atoms with Crippen molar-refractivity contribution in [3.8, 4) is 5.75 Å². The molecule has 1 aliphatic heterocycles. The van der Waals surface area contributed by atoms with Crippen molar-refractivity contribution in [3.63, 3.8) is 0 Å². The standard InChI is InChI=1S/C21H24BrN3O2/c1-21(16-5-4-6-17(22)11-16)12-18(14-26)24(2)20(23)25(21)13-15-7-9-19(27-3)10-8-15/h4-11,14,18,23H,12-13H2,1-3H3. The van der Waals surface area contributed by atoms with E-state index >= 15 is 0 Å². The van der Waals surface area contributed by atoms with Crippen molar-refractivity contribution in [2.75, 3.05) is 14.2 Å². The van der Waals surface area contributed by atoms with Crippen molar-refractivity contribution < 1.29 is 9.53 Å². The number of halogens is 1. The lowest BCUT2D eigenvalue weighted by atomic mass is 9.81. The average Bonchev–Trinajstić information content (AvgIpc) is 2.68. The van der Waals surface area contributed by atoms with Crippen molar-refractivity contribution in [2.45, 2.75) is 31.5 Å². The van der Waals surface area contributed by atoms with E-state index in [4.69, 9.17) is 10.1 Å². The van der Waals surface area contributed by atoms with Gasteiger partial charge in [-0.1, -0.05) is 40.2 Å². The SMILES string of the molecule is COc1ccc(CN2C(=N)N(C)C(C=O)CC2(C)c2cccc(Br)c2)cc1. The molecule has 0 spiro atoms. The van der Waals surface area contributed by atoms with Gasteiger partial charge in [0.05, 0.1) is 18.7 Å². The van der Waals surface area contributed by atoms with Gasteiger partial charge in [-0.25, -0.2) is 0 Å². The maximum absolute atomic E-state index is 11.7. The summed E-state index contributed by atoms with van der Waals surface area (Å²) in [4.78, 5) is 15.5. The van der Waals surface area contributed by atoms with Gasteiger partial charge < -0.3 is 19.3 Å². The third-order valence-electron chi connectivity index (χ3n) is 5.39. The molecule has 6 heteroatoms. The largest absolute Gasteiger partial charge is 0.497 e. The zero-order valence-electron chi connectivity index (χ0n) is 15.8.